The second-order valence-corrected chi connectivity index (χ2v) is 9.91. The van der Waals surface area contributed by atoms with Crippen LogP contribution in [-0.4, -0.2) is 60.8 Å². The van der Waals surface area contributed by atoms with Gasteiger partial charge in [-0.15, -0.1) is 0 Å². The lowest BCUT2D eigenvalue weighted by atomic mass is 9.88. The van der Waals surface area contributed by atoms with Crippen molar-refractivity contribution in [1.29, 1.82) is 0 Å². The van der Waals surface area contributed by atoms with E-state index in [1.165, 1.54) is 18.4 Å². The van der Waals surface area contributed by atoms with Gasteiger partial charge in [0.25, 0.3) is 0 Å². The minimum Gasteiger partial charge on any atom is -0.461 e. The Hall–Kier alpha value is -1.88. The Balaban J connectivity index is 2.33. The van der Waals surface area contributed by atoms with E-state index in [0.717, 1.165) is 0 Å². The lowest BCUT2D eigenvalue weighted by molar-refractivity contribution is -0.127. The highest BCUT2D eigenvalue weighted by molar-refractivity contribution is 9.11. The smallest absolute Gasteiger partial charge is 0.408 e. The summed E-state index contributed by atoms with van der Waals surface area (Å²) in [6.07, 6.45) is 0.400. The molecule has 1 aliphatic rings. The van der Waals surface area contributed by atoms with Crippen LogP contribution < -0.4 is 15.5 Å². The summed E-state index contributed by atoms with van der Waals surface area (Å²) >= 11 is 4.60. The molecule has 1 aromatic rings. The molecule has 2 rings (SSSR count). The molecule has 1 saturated heterocycles. The van der Waals surface area contributed by atoms with Crippen LogP contribution in [0.1, 0.15) is 51.0 Å². The first-order chi connectivity index (χ1) is 13.5. The van der Waals surface area contributed by atoms with Crippen molar-refractivity contribution in [2.45, 2.75) is 51.7 Å². The van der Waals surface area contributed by atoms with Gasteiger partial charge in [0.15, 0.2) is 9.61 Å². The first-order valence-electron chi connectivity index (χ1n) is 9.33. The minimum absolute atomic E-state index is 0.174. The Morgan fingerprint density at radius 1 is 1.34 bits per heavy atom. The van der Waals surface area contributed by atoms with Gasteiger partial charge in [-0.25, -0.2) is 14.6 Å². The maximum Gasteiger partial charge on any atom is 0.408 e. The summed E-state index contributed by atoms with van der Waals surface area (Å²) in [6.45, 7) is 8.01. The van der Waals surface area contributed by atoms with Crippen molar-refractivity contribution >= 4 is 50.2 Å². The molecule has 1 unspecified atom stereocenters. The van der Waals surface area contributed by atoms with Crippen molar-refractivity contribution in [2.75, 3.05) is 31.6 Å². The number of hydrogen-bond donors (Lipinski definition) is 2. The van der Waals surface area contributed by atoms with Crippen molar-refractivity contribution < 1.29 is 23.9 Å². The second kappa shape index (κ2) is 9.29. The monoisotopic (exact) mass is 490 g/mol. The predicted octanol–water partition coefficient (Wildman–Crippen LogP) is 2.69. The van der Waals surface area contributed by atoms with Crippen molar-refractivity contribution in [1.82, 2.24) is 15.6 Å². The normalized spacial score (nSPS) is 19.4. The predicted molar refractivity (Wildman–Crippen MR) is 113 cm³/mol. The van der Waals surface area contributed by atoms with Crippen molar-refractivity contribution in [3.8, 4) is 0 Å². The van der Waals surface area contributed by atoms with Gasteiger partial charge < -0.3 is 25.0 Å². The number of piperidine rings is 1. The number of likely N-dealkylation sites (N-methyl/N-ethyl adjacent to an activating group) is 1. The van der Waals surface area contributed by atoms with Crippen LogP contribution in [0.15, 0.2) is 3.92 Å². The quantitative estimate of drug-likeness (QED) is 0.610. The SMILES string of the molecule is CCOC(=O)c1nc(Br)sc1N1CCCC(NC(=O)OC(C)(C)C)(C(=O)NC)C1. The molecule has 1 atom stereocenters. The number of carbonyl (C=O) groups is 3. The van der Waals surface area contributed by atoms with Crippen molar-refractivity contribution in [3.63, 3.8) is 0 Å². The van der Waals surface area contributed by atoms with Gasteiger partial charge in [-0.3, -0.25) is 4.79 Å². The number of alkyl carbamates (subject to hydrolysis) is 1. The topological polar surface area (TPSA) is 110 Å². The number of hydrogen-bond acceptors (Lipinski definition) is 8. The number of nitrogens with one attached hydrogen (secondary N) is 2. The summed E-state index contributed by atoms with van der Waals surface area (Å²) in [4.78, 5) is 43.6. The van der Waals surface area contributed by atoms with E-state index in [9.17, 15) is 14.4 Å². The molecule has 0 bridgehead atoms. The number of carbonyl (C=O) groups excluding carboxylic acids is 3. The molecule has 2 heterocycles. The number of esters is 1. The number of thiazole rings is 1. The Morgan fingerprint density at radius 3 is 2.62 bits per heavy atom. The van der Waals surface area contributed by atoms with E-state index >= 15 is 0 Å². The third-order valence-corrected chi connectivity index (χ3v) is 5.80. The summed E-state index contributed by atoms with van der Waals surface area (Å²) < 4.78 is 11.0. The fraction of sp³-hybridized carbons (Fsp3) is 0.667. The number of halogens is 1. The maximum atomic E-state index is 12.8. The van der Waals surface area contributed by atoms with Gasteiger partial charge in [0.2, 0.25) is 5.91 Å². The van der Waals surface area contributed by atoms with Crippen LogP contribution in [0.2, 0.25) is 0 Å². The largest absolute Gasteiger partial charge is 0.461 e. The maximum absolute atomic E-state index is 12.8. The zero-order valence-electron chi connectivity index (χ0n) is 17.3. The molecule has 11 heteroatoms. The highest BCUT2D eigenvalue weighted by atomic mass is 79.9. The number of amides is 2. The molecule has 0 spiro atoms. The van der Waals surface area contributed by atoms with Gasteiger partial charge in [-0.1, -0.05) is 11.3 Å². The van der Waals surface area contributed by atoms with E-state index in [1.54, 1.807) is 27.7 Å². The molecule has 0 aliphatic carbocycles. The third-order valence-electron chi connectivity index (χ3n) is 4.23. The number of aromatic nitrogens is 1. The Labute approximate surface area is 182 Å². The Morgan fingerprint density at radius 2 is 2.03 bits per heavy atom. The molecular weight excluding hydrogens is 464 g/mol. The van der Waals surface area contributed by atoms with Gasteiger partial charge in [-0.2, -0.15) is 0 Å². The van der Waals surface area contributed by atoms with Gasteiger partial charge in [0.05, 0.1) is 13.2 Å². The third kappa shape index (κ3) is 5.81. The van der Waals surface area contributed by atoms with Crippen LogP contribution in [0.25, 0.3) is 0 Å². The van der Waals surface area contributed by atoms with Crippen LogP contribution in [0.5, 0.6) is 0 Å². The second-order valence-electron chi connectivity index (χ2n) is 7.65. The van der Waals surface area contributed by atoms with E-state index < -0.39 is 23.2 Å². The van der Waals surface area contributed by atoms with Crippen LogP contribution in [0.4, 0.5) is 9.80 Å². The highest BCUT2D eigenvalue weighted by Gasteiger charge is 2.45. The van der Waals surface area contributed by atoms with Gasteiger partial charge in [0.1, 0.15) is 16.1 Å². The average Bonchev–Trinajstić information content (AvgIpc) is 3.01. The van der Waals surface area contributed by atoms with Crippen LogP contribution in [0.3, 0.4) is 0 Å². The van der Waals surface area contributed by atoms with Crippen molar-refractivity contribution in [2.24, 2.45) is 0 Å². The van der Waals surface area contributed by atoms with Crippen LogP contribution in [-0.2, 0) is 14.3 Å². The number of anilines is 1. The first kappa shape index (κ1) is 23.4. The summed E-state index contributed by atoms with van der Waals surface area (Å²) in [7, 11) is 1.52. The summed E-state index contributed by atoms with van der Waals surface area (Å²) in [5.41, 5.74) is -1.70. The summed E-state index contributed by atoms with van der Waals surface area (Å²) in [5.74, 6) is -0.852. The van der Waals surface area contributed by atoms with Crippen molar-refractivity contribution in [3.05, 3.63) is 9.61 Å². The van der Waals surface area contributed by atoms with Crippen LogP contribution in [0, 0.1) is 0 Å². The van der Waals surface area contributed by atoms with Gasteiger partial charge in [-0.05, 0) is 56.5 Å². The number of ether oxygens (including phenoxy) is 2. The molecule has 2 amide bonds. The molecule has 9 nitrogen and oxygen atoms in total. The standard InChI is InChI=1S/C18H27BrN4O5S/c1-6-27-13(24)11-12(29-15(19)21-11)23-9-7-8-18(10-23,14(25)20-5)22-16(26)28-17(2,3)4/h6-10H2,1-5H3,(H,20,25)(H,22,26). The average molecular weight is 491 g/mol. The van der Waals surface area contributed by atoms with E-state index in [2.05, 4.69) is 31.5 Å². The summed E-state index contributed by atoms with van der Waals surface area (Å²) in [6, 6.07) is 0. The lowest BCUT2D eigenvalue weighted by Crippen LogP contribution is -2.66. The molecule has 1 aromatic heterocycles. The molecule has 1 fully saturated rings. The highest BCUT2D eigenvalue weighted by Crippen LogP contribution is 2.36. The number of rotatable bonds is 5. The molecule has 0 radical (unpaired) electrons. The van der Waals surface area contributed by atoms with E-state index in [0.29, 0.717) is 28.3 Å². The zero-order chi connectivity index (χ0) is 21.8. The zero-order valence-corrected chi connectivity index (χ0v) is 19.7. The minimum atomic E-state index is -1.20. The Kier molecular flexibility index (Phi) is 7.50. The summed E-state index contributed by atoms with van der Waals surface area (Å²) in [5, 5.41) is 5.98. The Bertz CT molecular complexity index is 779. The number of nitrogens with zero attached hydrogens (tertiary/aromatic N) is 2. The van der Waals surface area contributed by atoms with Crippen LogP contribution >= 0.6 is 27.3 Å². The molecule has 0 aromatic carbocycles. The fourth-order valence-corrected chi connectivity index (χ4v) is 4.59. The van der Waals surface area contributed by atoms with Gasteiger partial charge in [0, 0.05) is 13.6 Å². The first-order valence-corrected chi connectivity index (χ1v) is 10.9. The lowest BCUT2D eigenvalue weighted by Gasteiger charge is -2.42. The molecule has 1 aliphatic heterocycles. The van der Waals surface area contributed by atoms with E-state index in [-0.39, 0.29) is 24.8 Å². The van der Waals surface area contributed by atoms with E-state index in [1.807, 2.05) is 4.90 Å². The molecule has 2 N–H and O–H groups in total. The molecule has 0 saturated carbocycles. The fourth-order valence-electron chi connectivity index (χ4n) is 3.14. The van der Waals surface area contributed by atoms with Gasteiger partial charge >= 0.3 is 12.1 Å². The van der Waals surface area contributed by atoms with E-state index in [4.69, 9.17) is 9.47 Å². The molecule has 29 heavy (non-hydrogen) atoms. The molecule has 162 valence electrons. The molecular formula is C18H27BrN4O5S.